The van der Waals surface area contributed by atoms with Crippen molar-refractivity contribution in [2.75, 3.05) is 25.0 Å². The van der Waals surface area contributed by atoms with Crippen LogP contribution in [0.3, 0.4) is 0 Å². The summed E-state index contributed by atoms with van der Waals surface area (Å²) >= 11 is 0. The predicted molar refractivity (Wildman–Crippen MR) is 192 cm³/mol. The summed E-state index contributed by atoms with van der Waals surface area (Å²) in [5.74, 6) is -1.70. The number of hydrogen-bond acceptors (Lipinski definition) is 8. The maximum Gasteiger partial charge on any atom is 0.422 e. The molecule has 292 valence electrons. The molecule has 2 aromatic carbocycles. The fourth-order valence-electron chi connectivity index (χ4n) is 3.68. The number of benzene rings is 2. The van der Waals surface area contributed by atoms with Crippen LogP contribution in [0.5, 0.6) is 0 Å². The molecule has 0 aliphatic rings. The van der Waals surface area contributed by atoms with Crippen LogP contribution in [-0.4, -0.2) is 79.1 Å². The van der Waals surface area contributed by atoms with Crippen LogP contribution in [0, 0.1) is 18.8 Å². The number of anilines is 1. The van der Waals surface area contributed by atoms with Crippen LogP contribution in [0.2, 0.25) is 0 Å². The first kappa shape index (κ1) is 49.1. The maximum atomic E-state index is 12.7. The van der Waals surface area contributed by atoms with Gasteiger partial charge in [0.25, 0.3) is 6.47 Å². The summed E-state index contributed by atoms with van der Waals surface area (Å²) < 4.78 is 36.3. The molecule has 52 heavy (non-hydrogen) atoms. The minimum Gasteiger partial charge on any atom is -0.481 e. The number of aryl methyl sites for hydroxylation is 1. The Balaban J connectivity index is 0. The van der Waals surface area contributed by atoms with Gasteiger partial charge in [-0.05, 0) is 48.4 Å². The molecule has 2 atom stereocenters. The number of carbonyl (C=O) groups is 6. The van der Waals surface area contributed by atoms with E-state index in [1.54, 1.807) is 26.8 Å². The summed E-state index contributed by atoms with van der Waals surface area (Å²) in [5, 5.41) is 18.5. The highest BCUT2D eigenvalue weighted by molar-refractivity contribution is 5.93. The van der Waals surface area contributed by atoms with Crippen LogP contribution in [0.1, 0.15) is 65.5 Å². The number of halogens is 3. The molecule has 0 radical (unpaired) electrons. The Morgan fingerprint density at radius 3 is 1.92 bits per heavy atom. The third-order valence-corrected chi connectivity index (χ3v) is 5.92. The fraction of sp³-hybridized carbons (Fsp3) is 0.500. The Hall–Kier alpha value is -4.99. The molecular weight excluding hydrogens is 687 g/mol. The van der Waals surface area contributed by atoms with Gasteiger partial charge in [0.15, 0.2) is 6.61 Å². The number of carbonyl (C=O) groups excluding carboxylic acids is 5. The van der Waals surface area contributed by atoms with Gasteiger partial charge in [-0.15, -0.1) is 0 Å². The van der Waals surface area contributed by atoms with E-state index in [4.69, 9.17) is 15.6 Å². The number of rotatable bonds is 15. The average molecular weight is 742 g/mol. The van der Waals surface area contributed by atoms with Crippen molar-refractivity contribution in [3.8, 4) is 0 Å². The molecule has 0 bridgehead atoms. The average Bonchev–Trinajstić information content (AvgIpc) is 3.05. The van der Waals surface area contributed by atoms with Crippen LogP contribution in [0.25, 0.3) is 0 Å². The molecule has 2 aromatic rings. The number of hydrogen-bond donors (Lipinski definition) is 6. The number of carboxylic acid groups (broad SMARTS) is 1. The van der Waals surface area contributed by atoms with Gasteiger partial charge < -0.3 is 36.8 Å². The summed E-state index contributed by atoms with van der Waals surface area (Å²) in [6.07, 6.45) is -3.67. The first-order valence-electron chi connectivity index (χ1n) is 16.5. The van der Waals surface area contributed by atoms with E-state index in [2.05, 4.69) is 46.8 Å². The molecule has 2 rings (SSSR count). The van der Waals surface area contributed by atoms with Crippen LogP contribution in [0.15, 0.2) is 54.6 Å². The summed E-state index contributed by atoms with van der Waals surface area (Å²) in [6.45, 7) is 11.3. The summed E-state index contributed by atoms with van der Waals surface area (Å²) in [7, 11) is 0. The van der Waals surface area contributed by atoms with Crippen LogP contribution >= 0.6 is 0 Å². The lowest BCUT2D eigenvalue weighted by molar-refractivity contribution is -0.177. The van der Waals surface area contributed by atoms with E-state index < -0.39 is 48.6 Å². The van der Waals surface area contributed by atoms with Crippen LogP contribution < -0.4 is 27.0 Å². The third kappa shape index (κ3) is 28.8. The van der Waals surface area contributed by atoms with Crippen molar-refractivity contribution in [2.45, 2.75) is 86.0 Å². The smallest absolute Gasteiger partial charge is 0.422 e. The molecule has 0 saturated carbocycles. The van der Waals surface area contributed by atoms with Crippen molar-refractivity contribution in [1.29, 1.82) is 0 Å². The molecule has 4 amide bonds. The maximum absolute atomic E-state index is 12.7. The standard InChI is InChI=1S/C26H35N5O4.C4H10.C3H3F3O2.C3H6O2/c1-17(2)25(31-23(33)15-27)26(35)28-16-24(34)30-21(13-19-9-5-4-6-10-19)14-22(32)29-20-11-7-8-18(3)12-20;1-4(2)3;4-3(5,6)1-8-2-7;1-2-3(4)5/h4-12,17,21,25H,13-16,27H2,1-3H3,(H,28,35)(H,29,32)(H,30,34)(H,31,33);4H,1-3H3;2H,1H2;2H2,1H3,(H,4,5). The summed E-state index contributed by atoms with van der Waals surface area (Å²) in [5.41, 5.74) is 7.99. The van der Waals surface area contributed by atoms with Gasteiger partial charge >= 0.3 is 12.1 Å². The van der Waals surface area contributed by atoms with Crippen LogP contribution in [0.4, 0.5) is 18.9 Å². The Bertz CT molecular complexity index is 1360. The number of alkyl halides is 3. The minimum absolute atomic E-state index is 0.0592. The quantitative estimate of drug-likeness (QED) is 0.145. The molecule has 0 aliphatic heterocycles. The zero-order valence-electron chi connectivity index (χ0n) is 30.8. The van der Waals surface area contributed by atoms with Crippen molar-refractivity contribution in [3.63, 3.8) is 0 Å². The third-order valence-electron chi connectivity index (χ3n) is 5.92. The molecule has 0 saturated heterocycles. The number of nitrogens with one attached hydrogen (secondary N) is 4. The lowest BCUT2D eigenvalue weighted by atomic mass is 10.0. The molecule has 16 heteroatoms. The van der Waals surface area contributed by atoms with Gasteiger partial charge in [-0.3, -0.25) is 28.8 Å². The number of ether oxygens (including phenoxy) is 1. The van der Waals surface area contributed by atoms with Gasteiger partial charge in [-0.1, -0.05) is 84.0 Å². The van der Waals surface area contributed by atoms with Gasteiger partial charge in [-0.2, -0.15) is 13.2 Å². The molecular formula is C36H54F3N5O8. The molecule has 2 unspecified atom stereocenters. The second-order valence-corrected chi connectivity index (χ2v) is 12.3. The van der Waals surface area contributed by atoms with Crippen molar-refractivity contribution in [1.82, 2.24) is 16.0 Å². The lowest BCUT2D eigenvalue weighted by Crippen LogP contribution is -2.53. The SMILES string of the molecule is CC(C)C.CCC(=O)O.Cc1cccc(NC(=O)CC(Cc2ccccc2)NC(=O)CNC(=O)C(NC(=O)CN)C(C)C)c1.O=COCC(F)(F)F. The molecule has 13 nitrogen and oxygen atoms in total. The number of aliphatic carboxylic acids is 1. The van der Waals surface area contributed by atoms with Crippen molar-refractivity contribution in [2.24, 2.45) is 17.6 Å². The fourth-order valence-corrected chi connectivity index (χ4v) is 3.68. The van der Waals surface area contributed by atoms with Crippen molar-refractivity contribution in [3.05, 3.63) is 65.7 Å². The second-order valence-electron chi connectivity index (χ2n) is 12.3. The zero-order valence-corrected chi connectivity index (χ0v) is 30.8. The highest BCUT2D eigenvalue weighted by atomic mass is 19.4. The van der Waals surface area contributed by atoms with E-state index in [-0.39, 0.29) is 44.2 Å². The Morgan fingerprint density at radius 1 is 0.904 bits per heavy atom. The van der Waals surface area contributed by atoms with Gasteiger partial charge in [0.2, 0.25) is 23.6 Å². The Kier molecular flexibility index (Phi) is 26.2. The summed E-state index contributed by atoms with van der Waals surface area (Å²) in [6, 6.07) is 15.7. The van der Waals surface area contributed by atoms with Gasteiger partial charge in [-0.25, -0.2) is 0 Å². The van der Waals surface area contributed by atoms with Crippen molar-refractivity contribution < 1.29 is 51.8 Å². The van der Waals surface area contributed by atoms with Gasteiger partial charge in [0, 0.05) is 24.6 Å². The molecule has 0 heterocycles. The Labute approximate surface area is 303 Å². The first-order chi connectivity index (χ1) is 24.2. The minimum atomic E-state index is -4.40. The monoisotopic (exact) mass is 741 g/mol. The lowest BCUT2D eigenvalue weighted by Gasteiger charge is -2.22. The highest BCUT2D eigenvalue weighted by Crippen LogP contribution is 2.14. The molecule has 0 spiro atoms. The molecule has 0 fully saturated rings. The Morgan fingerprint density at radius 2 is 1.48 bits per heavy atom. The van der Waals surface area contributed by atoms with E-state index in [9.17, 15) is 37.1 Å². The summed E-state index contributed by atoms with van der Waals surface area (Å²) in [4.78, 5) is 67.9. The van der Waals surface area contributed by atoms with E-state index in [0.29, 0.717) is 12.1 Å². The molecule has 7 N–H and O–H groups in total. The normalized spacial score (nSPS) is 11.4. The molecule has 0 aliphatic carbocycles. The zero-order chi connectivity index (χ0) is 40.3. The van der Waals surface area contributed by atoms with Gasteiger partial charge in [0.1, 0.15) is 6.04 Å². The second kappa shape index (κ2) is 27.7. The van der Waals surface area contributed by atoms with E-state index >= 15 is 0 Å². The van der Waals surface area contributed by atoms with E-state index in [1.807, 2.05) is 55.5 Å². The molecule has 0 aromatic heterocycles. The van der Waals surface area contributed by atoms with E-state index in [0.717, 1.165) is 17.0 Å². The topological polar surface area (TPSA) is 206 Å². The van der Waals surface area contributed by atoms with E-state index in [1.165, 1.54) is 0 Å². The number of nitrogens with two attached hydrogens (primary N) is 1. The number of amides is 4. The van der Waals surface area contributed by atoms with Gasteiger partial charge in [0.05, 0.1) is 13.1 Å². The highest BCUT2D eigenvalue weighted by Gasteiger charge is 2.28. The van der Waals surface area contributed by atoms with Crippen molar-refractivity contribution >= 4 is 41.8 Å². The van der Waals surface area contributed by atoms with Crippen LogP contribution in [-0.2, 0) is 39.9 Å². The largest absolute Gasteiger partial charge is 0.481 e. The number of carboxylic acids is 1. The predicted octanol–water partition coefficient (Wildman–Crippen LogP) is 4.13. The first-order valence-corrected chi connectivity index (χ1v) is 16.5.